The largest absolute Gasteiger partial charge is 0.494 e. The summed E-state index contributed by atoms with van der Waals surface area (Å²) in [4.78, 5) is 11.1. The molecule has 1 aromatic carbocycles. The first kappa shape index (κ1) is 12.9. The minimum atomic E-state index is -0.934. The Kier molecular flexibility index (Phi) is 3.41. The van der Waals surface area contributed by atoms with E-state index in [1.54, 1.807) is 6.92 Å². The molecule has 0 unspecified atom stereocenters. The molecule has 0 saturated carbocycles. The molecule has 0 aliphatic carbocycles. The van der Waals surface area contributed by atoms with Gasteiger partial charge in [-0.2, -0.15) is 15.4 Å². The van der Waals surface area contributed by atoms with E-state index in [-0.39, 0.29) is 23.7 Å². The molecule has 0 fully saturated rings. The van der Waals surface area contributed by atoms with Crippen LogP contribution in [0.15, 0.2) is 12.1 Å². The molecule has 100 valence electrons. The van der Waals surface area contributed by atoms with Crippen LogP contribution in [0.2, 0.25) is 0 Å². The van der Waals surface area contributed by atoms with Crippen LogP contribution in [0.3, 0.4) is 0 Å². The number of hydrogen-bond acceptors (Lipinski definition) is 4. The zero-order valence-electron chi connectivity index (χ0n) is 9.91. The number of H-pyrrole nitrogens is 1. The van der Waals surface area contributed by atoms with Crippen molar-refractivity contribution in [3.8, 4) is 17.0 Å². The monoisotopic (exact) mass is 268 g/mol. The zero-order chi connectivity index (χ0) is 14.0. The van der Waals surface area contributed by atoms with Crippen molar-refractivity contribution in [1.29, 1.82) is 0 Å². The molecule has 1 heterocycles. The summed E-state index contributed by atoms with van der Waals surface area (Å²) in [6, 6.07) is 2.00. The number of aromatic amines is 1. The topological polar surface area (TPSA) is 93.9 Å². The number of nitrogens with two attached hydrogens (primary N) is 1. The van der Waals surface area contributed by atoms with Gasteiger partial charge in [-0.25, -0.2) is 8.78 Å². The van der Waals surface area contributed by atoms with Gasteiger partial charge in [0.25, 0.3) is 5.91 Å². The number of carbonyl (C=O) groups excluding carboxylic acids is 1. The van der Waals surface area contributed by atoms with Crippen LogP contribution in [-0.4, -0.2) is 27.9 Å². The quantitative estimate of drug-likeness (QED) is 0.872. The molecular weight excluding hydrogens is 258 g/mol. The van der Waals surface area contributed by atoms with Gasteiger partial charge in [0, 0.05) is 12.1 Å². The van der Waals surface area contributed by atoms with Crippen LogP contribution in [0.1, 0.15) is 17.4 Å². The predicted molar refractivity (Wildman–Crippen MR) is 61.4 cm³/mol. The molecule has 3 N–H and O–H groups in total. The summed E-state index contributed by atoms with van der Waals surface area (Å²) in [7, 11) is 0. The van der Waals surface area contributed by atoms with Crippen molar-refractivity contribution in [2.24, 2.45) is 5.73 Å². The highest BCUT2D eigenvalue weighted by molar-refractivity contribution is 5.96. The van der Waals surface area contributed by atoms with Crippen molar-refractivity contribution in [3.05, 3.63) is 29.5 Å². The summed E-state index contributed by atoms with van der Waals surface area (Å²) in [5.74, 6) is -2.72. The van der Waals surface area contributed by atoms with Gasteiger partial charge in [0.1, 0.15) is 23.1 Å². The highest BCUT2D eigenvalue weighted by Gasteiger charge is 2.22. The fourth-order valence-corrected chi connectivity index (χ4v) is 1.60. The third-order valence-corrected chi connectivity index (χ3v) is 2.34. The lowest BCUT2D eigenvalue weighted by molar-refractivity contribution is 0.0996. The third-order valence-electron chi connectivity index (χ3n) is 2.34. The van der Waals surface area contributed by atoms with E-state index in [1.165, 1.54) is 0 Å². The normalized spacial score (nSPS) is 10.5. The maximum Gasteiger partial charge on any atom is 0.271 e. The minimum absolute atomic E-state index is 0.0466. The van der Waals surface area contributed by atoms with Gasteiger partial charge in [0.2, 0.25) is 0 Å². The Balaban J connectivity index is 2.56. The predicted octanol–water partition coefficient (Wildman–Crippen LogP) is 1.25. The van der Waals surface area contributed by atoms with Crippen molar-refractivity contribution in [3.63, 3.8) is 0 Å². The van der Waals surface area contributed by atoms with E-state index in [1.807, 2.05) is 0 Å². The number of nitrogens with zero attached hydrogens (tertiary/aromatic N) is 2. The van der Waals surface area contributed by atoms with Gasteiger partial charge in [-0.1, -0.05) is 0 Å². The van der Waals surface area contributed by atoms with Crippen molar-refractivity contribution >= 4 is 5.91 Å². The number of primary amides is 1. The lowest BCUT2D eigenvalue weighted by Crippen LogP contribution is -2.13. The van der Waals surface area contributed by atoms with Crippen LogP contribution in [0, 0.1) is 11.6 Å². The molecule has 0 saturated heterocycles. The Morgan fingerprint density at radius 2 is 2.00 bits per heavy atom. The summed E-state index contributed by atoms with van der Waals surface area (Å²) in [6.07, 6.45) is 0. The number of halogens is 2. The van der Waals surface area contributed by atoms with E-state index in [4.69, 9.17) is 10.5 Å². The first-order chi connectivity index (χ1) is 9.04. The van der Waals surface area contributed by atoms with Gasteiger partial charge in [0.05, 0.1) is 12.2 Å². The van der Waals surface area contributed by atoms with Crippen LogP contribution in [0.5, 0.6) is 5.75 Å². The molecule has 0 bridgehead atoms. The van der Waals surface area contributed by atoms with E-state index in [2.05, 4.69) is 15.4 Å². The molecule has 0 radical (unpaired) electrons. The van der Waals surface area contributed by atoms with E-state index in [0.717, 1.165) is 12.1 Å². The smallest absolute Gasteiger partial charge is 0.271 e. The highest BCUT2D eigenvalue weighted by Crippen LogP contribution is 2.29. The van der Waals surface area contributed by atoms with E-state index >= 15 is 0 Å². The number of nitrogens with one attached hydrogen (secondary N) is 1. The van der Waals surface area contributed by atoms with Crippen molar-refractivity contribution in [2.75, 3.05) is 6.61 Å². The van der Waals surface area contributed by atoms with Crippen molar-refractivity contribution in [1.82, 2.24) is 15.4 Å². The van der Waals surface area contributed by atoms with Crippen molar-refractivity contribution < 1.29 is 18.3 Å². The van der Waals surface area contributed by atoms with Gasteiger partial charge in [-0.3, -0.25) is 4.79 Å². The lowest BCUT2D eigenvalue weighted by atomic mass is 10.1. The third kappa shape index (κ3) is 2.37. The Hall–Kier alpha value is -2.51. The number of hydrogen-bond donors (Lipinski definition) is 2. The second-order valence-corrected chi connectivity index (χ2v) is 3.58. The molecule has 19 heavy (non-hydrogen) atoms. The van der Waals surface area contributed by atoms with E-state index in [0.29, 0.717) is 0 Å². The average Bonchev–Trinajstić information content (AvgIpc) is 2.77. The summed E-state index contributed by atoms with van der Waals surface area (Å²) >= 11 is 0. The van der Waals surface area contributed by atoms with Gasteiger partial charge < -0.3 is 10.5 Å². The first-order valence-electron chi connectivity index (χ1n) is 5.37. The summed E-state index contributed by atoms with van der Waals surface area (Å²) < 4.78 is 32.8. The minimum Gasteiger partial charge on any atom is -0.494 e. The van der Waals surface area contributed by atoms with Gasteiger partial charge >= 0.3 is 0 Å². The standard InChI is InChI=1S/C11H10F2N4O2/c1-2-19-5-3-6(12)8(7(13)4-5)9-10(11(14)18)16-17-15-9/h3-4H,2H2,1H3,(H2,14,18)(H,15,16,17). The van der Waals surface area contributed by atoms with Crippen LogP contribution >= 0.6 is 0 Å². The molecule has 1 aromatic heterocycles. The fraction of sp³-hybridized carbons (Fsp3) is 0.182. The number of carbonyl (C=O) groups is 1. The number of rotatable bonds is 4. The Labute approximate surface area is 106 Å². The van der Waals surface area contributed by atoms with Crippen LogP contribution in [0.25, 0.3) is 11.3 Å². The summed E-state index contributed by atoms with van der Waals surface area (Å²) in [6.45, 7) is 1.96. The number of amides is 1. The highest BCUT2D eigenvalue weighted by atomic mass is 19.1. The summed E-state index contributed by atoms with van der Waals surface area (Å²) in [5, 5.41) is 9.11. The second kappa shape index (κ2) is 5.01. The molecule has 0 atom stereocenters. The van der Waals surface area contributed by atoms with Gasteiger partial charge in [-0.15, -0.1) is 0 Å². The maximum absolute atomic E-state index is 13.9. The molecule has 0 aliphatic heterocycles. The SMILES string of the molecule is CCOc1cc(F)c(-c2n[nH]nc2C(N)=O)c(F)c1. The number of ether oxygens (including phenoxy) is 1. The second-order valence-electron chi connectivity index (χ2n) is 3.58. The van der Waals surface area contributed by atoms with Crippen molar-refractivity contribution in [2.45, 2.75) is 6.92 Å². The molecule has 1 amide bonds. The Morgan fingerprint density at radius 3 is 2.53 bits per heavy atom. The first-order valence-corrected chi connectivity index (χ1v) is 5.37. The molecule has 6 nitrogen and oxygen atoms in total. The van der Waals surface area contributed by atoms with E-state index < -0.39 is 23.1 Å². The average molecular weight is 268 g/mol. The molecular formula is C11H10F2N4O2. The number of benzene rings is 1. The molecule has 0 aliphatic rings. The van der Waals surface area contributed by atoms with E-state index in [9.17, 15) is 13.6 Å². The number of aromatic nitrogens is 3. The Morgan fingerprint density at radius 1 is 1.37 bits per heavy atom. The molecule has 2 rings (SSSR count). The van der Waals surface area contributed by atoms with Gasteiger partial charge in [-0.05, 0) is 6.92 Å². The zero-order valence-corrected chi connectivity index (χ0v) is 9.91. The molecule has 0 spiro atoms. The fourth-order valence-electron chi connectivity index (χ4n) is 1.60. The maximum atomic E-state index is 13.9. The Bertz CT molecular complexity index is 604. The van der Waals surface area contributed by atoms with Crippen LogP contribution < -0.4 is 10.5 Å². The van der Waals surface area contributed by atoms with Gasteiger partial charge in [0.15, 0.2) is 5.69 Å². The summed E-state index contributed by atoms with van der Waals surface area (Å²) in [5.41, 5.74) is 3.96. The molecule has 2 aromatic rings. The molecule has 8 heteroatoms. The lowest BCUT2D eigenvalue weighted by Gasteiger charge is -2.07. The van der Waals surface area contributed by atoms with Crippen LogP contribution in [-0.2, 0) is 0 Å². The van der Waals surface area contributed by atoms with Crippen LogP contribution in [0.4, 0.5) is 8.78 Å².